The van der Waals surface area contributed by atoms with Crippen LogP contribution in [0, 0.1) is 5.92 Å². The van der Waals surface area contributed by atoms with E-state index >= 15 is 0 Å². The largest absolute Gasteiger partial charge is 0.494 e. The second-order valence-electron chi connectivity index (χ2n) is 5.56. The summed E-state index contributed by atoms with van der Waals surface area (Å²) >= 11 is 0. The zero-order valence-corrected chi connectivity index (χ0v) is 13.3. The lowest BCUT2D eigenvalue weighted by atomic mass is 10.2. The molecule has 1 aliphatic carbocycles. The molecule has 1 saturated carbocycles. The molecule has 1 unspecified atom stereocenters. The van der Waals surface area contributed by atoms with Crippen LogP contribution in [0.4, 0.5) is 0 Å². The molecule has 5 nitrogen and oxygen atoms in total. The van der Waals surface area contributed by atoms with Gasteiger partial charge in [-0.15, -0.1) is 0 Å². The SMILES string of the molecule is CCOc1ccc(S(=O)(=O)NC(C)CC2CC2)cc1CO. The van der Waals surface area contributed by atoms with Crippen LogP contribution in [0.25, 0.3) is 0 Å². The van der Waals surface area contributed by atoms with Crippen molar-refractivity contribution in [1.29, 1.82) is 0 Å². The number of aliphatic hydroxyl groups is 1. The topological polar surface area (TPSA) is 75.6 Å². The average Bonchev–Trinajstić information content (AvgIpc) is 3.22. The van der Waals surface area contributed by atoms with Gasteiger partial charge in [-0.2, -0.15) is 0 Å². The number of sulfonamides is 1. The number of nitrogens with one attached hydrogen (secondary N) is 1. The van der Waals surface area contributed by atoms with E-state index in [-0.39, 0.29) is 17.5 Å². The van der Waals surface area contributed by atoms with Crippen LogP contribution >= 0.6 is 0 Å². The number of aliphatic hydroxyl groups excluding tert-OH is 1. The van der Waals surface area contributed by atoms with Crippen LogP contribution in [0.15, 0.2) is 23.1 Å². The molecule has 2 rings (SSSR count). The predicted octanol–water partition coefficient (Wildman–Crippen LogP) is 2.04. The first-order chi connectivity index (χ1) is 9.96. The highest BCUT2D eigenvalue weighted by molar-refractivity contribution is 7.89. The number of benzene rings is 1. The molecule has 1 aromatic carbocycles. The highest BCUT2D eigenvalue weighted by Gasteiger charge is 2.26. The minimum absolute atomic E-state index is 0.0772. The summed E-state index contributed by atoms with van der Waals surface area (Å²) < 4.78 is 32.8. The number of ether oxygens (including phenoxy) is 1. The molecule has 0 amide bonds. The van der Waals surface area contributed by atoms with E-state index in [0.29, 0.717) is 23.8 Å². The Morgan fingerprint density at radius 2 is 2.14 bits per heavy atom. The number of rotatable bonds is 8. The quantitative estimate of drug-likeness (QED) is 0.770. The molecule has 2 N–H and O–H groups in total. The molecule has 1 aliphatic rings. The van der Waals surface area contributed by atoms with Crippen molar-refractivity contribution in [3.05, 3.63) is 23.8 Å². The summed E-state index contributed by atoms with van der Waals surface area (Å²) in [4.78, 5) is 0.164. The van der Waals surface area contributed by atoms with Gasteiger partial charge in [-0.05, 0) is 44.4 Å². The van der Waals surface area contributed by atoms with Gasteiger partial charge in [0.2, 0.25) is 10.0 Å². The van der Waals surface area contributed by atoms with Gasteiger partial charge in [0.1, 0.15) is 5.75 Å². The molecule has 1 fully saturated rings. The van der Waals surface area contributed by atoms with Crippen molar-refractivity contribution in [2.24, 2.45) is 5.92 Å². The number of hydrogen-bond donors (Lipinski definition) is 2. The Morgan fingerprint density at radius 3 is 2.71 bits per heavy atom. The Bertz CT molecular complexity index is 581. The van der Waals surface area contributed by atoms with Crippen LogP contribution in [0.3, 0.4) is 0 Å². The predicted molar refractivity (Wildman–Crippen MR) is 80.7 cm³/mol. The van der Waals surface area contributed by atoms with Gasteiger partial charge in [0.05, 0.1) is 18.1 Å². The summed E-state index contributed by atoms with van der Waals surface area (Å²) in [6.45, 7) is 3.94. The van der Waals surface area contributed by atoms with Crippen LogP contribution < -0.4 is 9.46 Å². The molecule has 0 saturated heterocycles. The summed E-state index contributed by atoms with van der Waals surface area (Å²) in [5, 5.41) is 9.35. The molecule has 0 radical (unpaired) electrons. The molecule has 1 aromatic rings. The third kappa shape index (κ3) is 4.43. The lowest BCUT2D eigenvalue weighted by Crippen LogP contribution is -2.33. The molecule has 0 heterocycles. The van der Waals surface area contributed by atoms with E-state index in [1.54, 1.807) is 6.07 Å². The minimum atomic E-state index is -3.56. The Balaban J connectivity index is 2.14. The lowest BCUT2D eigenvalue weighted by molar-refractivity contribution is 0.266. The molecule has 118 valence electrons. The normalized spacial score (nSPS) is 16.7. The van der Waals surface area contributed by atoms with Crippen LogP contribution in [-0.2, 0) is 16.6 Å². The summed E-state index contributed by atoms with van der Waals surface area (Å²) in [6.07, 6.45) is 3.27. The third-order valence-electron chi connectivity index (χ3n) is 3.55. The molecule has 1 atom stereocenters. The molecule has 0 spiro atoms. The highest BCUT2D eigenvalue weighted by Crippen LogP contribution is 2.33. The second-order valence-corrected chi connectivity index (χ2v) is 7.28. The van der Waals surface area contributed by atoms with Gasteiger partial charge >= 0.3 is 0 Å². The van der Waals surface area contributed by atoms with E-state index < -0.39 is 10.0 Å². The summed E-state index contributed by atoms with van der Waals surface area (Å²) in [7, 11) is -3.56. The molecule has 6 heteroatoms. The van der Waals surface area contributed by atoms with E-state index in [0.717, 1.165) is 6.42 Å². The van der Waals surface area contributed by atoms with Crippen LogP contribution in [0.1, 0.15) is 38.7 Å². The molecule has 0 aromatic heterocycles. The second kappa shape index (κ2) is 6.77. The van der Waals surface area contributed by atoms with Crippen LogP contribution in [-0.4, -0.2) is 26.2 Å². The van der Waals surface area contributed by atoms with E-state index in [4.69, 9.17) is 4.74 Å². The van der Waals surface area contributed by atoms with E-state index in [9.17, 15) is 13.5 Å². The van der Waals surface area contributed by atoms with Crippen molar-refractivity contribution in [2.75, 3.05) is 6.61 Å². The Kier molecular flexibility index (Phi) is 5.24. The van der Waals surface area contributed by atoms with E-state index in [1.165, 1.54) is 25.0 Å². The fourth-order valence-corrected chi connectivity index (χ4v) is 3.68. The van der Waals surface area contributed by atoms with Crippen molar-refractivity contribution in [1.82, 2.24) is 4.72 Å². The smallest absolute Gasteiger partial charge is 0.240 e. The fourth-order valence-electron chi connectivity index (χ4n) is 2.38. The van der Waals surface area contributed by atoms with Crippen LogP contribution in [0.5, 0.6) is 5.75 Å². The maximum Gasteiger partial charge on any atom is 0.240 e. The van der Waals surface area contributed by atoms with Gasteiger partial charge in [-0.1, -0.05) is 12.8 Å². The van der Waals surface area contributed by atoms with E-state index in [2.05, 4.69) is 4.72 Å². The minimum Gasteiger partial charge on any atom is -0.494 e. The maximum atomic E-state index is 12.3. The van der Waals surface area contributed by atoms with Crippen molar-refractivity contribution in [2.45, 2.75) is 50.7 Å². The first-order valence-electron chi connectivity index (χ1n) is 7.35. The zero-order chi connectivity index (χ0) is 15.5. The molecule has 21 heavy (non-hydrogen) atoms. The van der Waals surface area contributed by atoms with Crippen LogP contribution in [0.2, 0.25) is 0 Å². The van der Waals surface area contributed by atoms with Gasteiger partial charge < -0.3 is 9.84 Å². The van der Waals surface area contributed by atoms with Gasteiger partial charge in [0, 0.05) is 11.6 Å². The monoisotopic (exact) mass is 313 g/mol. The lowest BCUT2D eigenvalue weighted by Gasteiger charge is -2.15. The number of hydrogen-bond acceptors (Lipinski definition) is 4. The zero-order valence-electron chi connectivity index (χ0n) is 12.5. The van der Waals surface area contributed by atoms with Gasteiger partial charge in [0.15, 0.2) is 0 Å². The van der Waals surface area contributed by atoms with Crippen molar-refractivity contribution in [3.63, 3.8) is 0 Å². The Morgan fingerprint density at radius 1 is 1.43 bits per heavy atom. The Labute approximate surface area is 126 Å². The molecule has 0 bridgehead atoms. The van der Waals surface area contributed by atoms with Crippen molar-refractivity contribution < 1.29 is 18.3 Å². The molecular formula is C15H23NO4S. The first kappa shape index (κ1) is 16.3. The van der Waals surface area contributed by atoms with Crippen molar-refractivity contribution in [3.8, 4) is 5.75 Å². The maximum absolute atomic E-state index is 12.3. The van der Waals surface area contributed by atoms with Gasteiger partial charge in [-0.3, -0.25) is 0 Å². The average molecular weight is 313 g/mol. The summed E-state index contributed by atoms with van der Waals surface area (Å²) in [5.74, 6) is 1.18. The van der Waals surface area contributed by atoms with Gasteiger partial charge in [-0.25, -0.2) is 13.1 Å². The first-order valence-corrected chi connectivity index (χ1v) is 8.83. The van der Waals surface area contributed by atoms with Crippen molar-refractivity contribution >= 4 is 10.0 Å². The highest BCUT2D eigenvalue weighted by atomic mass is 32.2. The summed E-state index contributed by atoms with van der Waals surface area (Å²) in [6, 6.07) is 4.49. The summed E-state index contributed by atoms with van der Waals surface area (Å²) in [5.41, 5.74) is 0.481. The fraction of sp³-hybridized carbons (Fsp3) is 0.600. The molecular weight excluding hydrogens is 290 g/mol. The standard InChI is InChI=1S/C15H23NO4S/c1-3-20-15-7-6-14(9-13(15)10-17)21(18,19)16-11(2)8-12-4-5-12/h6-7,9,11-12,16-17H,3-5,8,10H2,1-2H3. The Hall–Kier alpha value is -1.11. The molecule has 0 aliphatic heterocycles. The van der Waals surface area contributed by atoms with E-state index in [1.807, 2.05) is 13.8 Å². The van der Waals surface area contributed by atoms with Gasteiger partial charge in [0.25, 0.3) is 0 Å². The third-order valence-corrected chi connectivity index (χ3v) is 5.14.